The quantitative estimate of drug-likeness (QED) is 0.584. The zero-order chi connectivity index (χ0) is 7.98. The Labute approximate surface area is 60.9 Å². The van der Waals surface area contributed by atoms with Crippen molar-refractivity contribution in [2.24, 2.45) is 0 Å². The third kappa shape index (κ3) is 5.44. The minimum absolute atomic E-state index is 0.0191. The topological polar surface area (TPSA) is 50.2 Å². The molecule has 58 valence electrons. The van der Waals surface area contributed by atoms with Crippen molar-refractivity contribution >= 4 is 11.5 Å². The number of nitrogens with one attached hydrogen (secondary N) is 1. The molecule has 3 heteroatoms. The molecule has 0 aromatic heterocycles. The maximum Gasteiger partial charge on any atom is 0.164 e. The molecule has 0 radical (unpaired) electrons. The van der Waals surface area contributed by atoms with E-state index in [9.17, 15) is 4.79 Å². The maximum atomic E-state index is 10.7. The summed E-state index contributed by atoms with van der Waals surface area (Å²) < 4.78 is 4.85. The SMILES string of the molecule is CCOCC(=O)CC(C)=N. The molecule has 0 rings (SSSR count). The van der Waals surface area contributed by atoms with Gasteiger partial charge < -0.3 is 10.1 Å². The van der Waals surface area contributed by atoms with E-state index in [0.717, 1.165) is 0 Å². The van der Waals surface area contributed by atoms with Crippen LogP contribution in [0.2, 0.25) is 0 Å². The summed E-state index contributed by atoms with van der Waals surface area (Å²) in [4.78, 5) is 10.7. The van der Waals surface area contributed by atoms with Gasteiger partial charge in [0.25, 0.3) is 0 Å². The number of hydrogen-bond donors (Lipinski definition) is 1. The molecule has 0 heterocycles. The Bertz CT molecular complexity index is 132. The third-order valence-electron chi connectivity index (χ3n) is 0.930. The number of carbonyl (C=O) groups is 1. The summed E-state index contributed by atoms with van der Waals surface area (Å²) >= 11 is 0. The summed E-state index contributed by atoms with van der Waals surface area (Å²) in [6.45, 7) is 4.16. The number of ketones is 1. The summed E-state index contributed by atoms with van der Waals surface area (Å²) in [5.74, 6) is -0.0191. The van der Waals surface area contributed by atoms with Crippen LogP contribution in [0.3, 0.4) is 0 Å². The molecule has 0 bridgehead atoms. The molecule has 0 saturated heterocycles. The van der Waals surface area contributed by atoms with Crippen molar-refractivity contribution < 1.29 is 9.53 Å². The van der Waals surface area contributed by atoms with Crippen molar-refractivity contribution in [1.82, 2.24) is 0 Å². The van der Waals surface area contributed by atoms with Gasteiger partial charge in [-0.05, 0) is 13.8 Å². The predicted molar refractivity (Wildman–Crippen MR) is 39.5 cm³/mol. The van der Waals surface area contributed by atoms with E-state index in [-0.39, 0.29) is 18.8 Å². The van der Waals surface area contributed by atoms with Gasteiger partial charge in [-0.1, -0.05) is 0 Å². The number of hydrogen-bond acceptors (Lipinski definition) is 3. The first-order valence-electron chi connectivity index (χ1n) is 3.30. The highest BCUT2D eigenvalue weighted by Gasteiger charge is 2.01. The first-order valence-corrected chi connectivity index (χ1v) is 3.30. The normalized spacial score (nSPS) is 9.40. The highest BCUT2D eigenvalue weighted by atomic mass is 16.5. The lowest BCUT2D eigenvalue weighted by Crippen LogP contribution is -2.11. The second kappa shape index (κ2) is 5.11. The van der Waals surface area contributed by atoms with Crippen molar-refractivity contribution in [1.29, 1.82) is 5.41 Å². The Kier molecular flexibility index (Phi) is 4.76. The van der Waals surface area contributed by atoms with E-state index < -0.39 is 0 Å². The zero-order valence-corrected chi connectivity index (χ0v) is 6.44. The third-order valence-corrected chi connectivity index (χ3v) is 0.930. The van der Waals surface area contributed by atoms with Gasteiger partial charge in [0.05, 0.1) is 0 Å². The molecule has 0 saturated carbocycles. The van der Waals surface area contributed by atoms with Crippen LogP contribution >= 0.6 is 0 Å². The molecule has 0 fully saturated rings. The summed E-state index contributed by atoms with van der Waals surface area (Å²) in [5.41, 5.74) is 0.393. The molecule has 0 aliphatic carbocycles. The molecule has 1 N–H and O–H groups in total. The Morgan fingerprint density at radius 3 is 2.60 bits per heavy atom. The molecule has 0 aromatic rings. The highest BCUT2D eigenvalue weighted by molar-refractivity contribution is 5.99. The molecule has 0 aliphatic heterocycles. The maximum absolute atomic E-state index is 10.7. The Hall–Kier alpha value is -0.700. The molecule has 0 aromatic carbocycles. The fourth-order valence-corrected chi connectivity index (χ4v) is 0.563. The molecule has 0 amide bonds. The summed E-state index contributed by atoms with van der Waals surface area (Å²) in [7, 11) is 0. The van der Waals surface area contributed by atoms with E-state index >= 15 is 0 Å². The van der Waals surface area contributed by atoms with Crippen molar-refractivity contribution in [3.63, 3.8) is 0 Å². The van der Waals surface area contributed by atoms with Gasteiger partial charge in [-0.25, -0.2) is 0 Å². The zero-order valence-electron chi connectivity index (χ0n) is 6.44. The van der Waals surface area contributed by atoms with Crippen molar-refractivity contribution in [3.8, 4) is 0 Å². The minimum atomic E-state index is -0.0191. The van der Waals surface area contributed by atoms with Gasteiger partial charge in [0, 0.05) is 18.7 Å². The van der Waals surface area contributed by atoms with E-state index in [1.165, 1.54) is 0 Å². The predicted octanol–water partition coefficient (Wildman–Crippen LogP) is 1.02. The molecule has 0 aliphatic rings. The Balaban J connectivity index is 3.35. The van der Waals surface area contributed by atoms with Gasteiger partial charge in [0.2, 0.25) is 0 Å². The Morgan fingerprint density at radius 1 is 1.60 bits per heavy atom. The van der Waals surface area contributed by atoms with Crippen LogP contribution in [-0.2, 0) is 9.53 Å². The smallest absolute Gasteiger partial charge is 0.164 e. The van der Waals surface area contributed by atoms with Crippen LogP contribution in [0.15, 0.2) is 0 Å². The van der Waals surface area contributed by atoms with Gasteiger partial charge in [0.1, 0.15) is 6.61 Å². The van der Waals surface area contributed by atoms with E-state index in [0.29, 0.717) is 12.3 Å². The van der Waals surface area contributed by atoms with Gasteiger partial charge in [-0.3, -0.25) is 4.79 Å². The average molecular weight is 143 g/mol. The molecule has 0 atom stereocenters. The van der Waals surface area contributed by atoms with Gasteiger partial charge in [0.15, 0.2) is 5.78 Å². The van der Waals surface area contributed by atoms with Gasteiger partial charge >= 0.3 is 0 Å². The summed E-state index contributed by atoms with van der Waals surface area (Å²) in [6.07, 6.45) is 0.222. The molecule has 0 spiro atoms. The van der Waals surface area contributed by atoms with E-state index in [4.69, 9.17) is 10.1 Å². The summed E-state index contributed by atoms with van der Waals surface area (Å²) in [5, 5.41) is 6.98. The number of Topliss-reactive ketones (excluding diaryl/α,β-unsaturated/α-hetero) is 1. The molecule has 10 heavy (non-hydrogen) atoms. The second-order valence-corrected chi connectivity index (χ2v) is 2.13. The largest absolute Gasteiger partial charge is 0.374 e. The standard InChI is InChI=1S/C7H13NO2/c1-3-10-5-7(9)4-6(2)8/h8H,3-5H2,1-2H3. The minimum Gasteiger partial charge on any atom is -0.374 e. The first-order chi connectivity index (χ1) is 4.66. The fourth-order valence-electron chi connectivity index (χ4n) is 0.563. The number of ether oxygens (including phenoxy) is 1. The van der Waals surface area contributed by atoms with Crippen LogP contribution in [0.25, 0.3) is 0 Å². The van der Waals surface area contributed by atoms with Crippen LogP contribution in [0.1, 0.15) is 20.3 Å². The van der Waals surface area contributed by atoms with Crippen LogP contribution < -0.4 is 0 Å². The van der Waals surface area contributed by atoms with Crippen LogP contribution in [0, 0.1) is 5.41 Å². The molecule has 3 nitrogen and oxygen atoms in total. The lowest BCUT2D eigenvalue weighted by atomic mass is 10.2. The molecular weight excluding hydrogens is 130 g/mol. The highest BCUT2D eigenvalue weighted by Crippen LogP contribution is 1.86. The van der Waals surface area contributed by atoms with Gasteiger partial charge in [-0.2, -0.15) is 0 Å². The lowest BCUT2D eigenvalue weighted by Gasteiger charge is -1.97. The average Bonchev–Trinajstić information content (AvgIpc) is 1.82. The van der Waals surface area contributed by atoms with Crippen LogP contribution in [0.5, 0.6) is 0 Å². The second-order valence-electron chi connectivity index (χ2n) is 2.13. The monoisotopic (exact) mass is 143 g/mol. The fraction of sp³-hybridized carbons (Fsp3) is 0.714. The lowest BCUT2D eigenvalue weighted by molar-refractivity contribution is -0.122. The number of carbonyl (C=O) groups excluding carboxylic acids is 1. The number of rotatable bonds is 5. The van der Waals surface area contributed by atoms with Gasteiger partial charge in [-0.15, -0.1) is 0 Å². The van der Waals surface area contributed by atoms with Crippen molar-refractivity contribution in [2.45, 2.75) is 20.3 Å². The first kappa shape index (κ1) is 9.30. The van der Waals surface area contributed by atoms with E-state index in [1.807, 2.05) is 6.92 Å². The molecule has 0 unspecified atom stereocenters. The van der Waals surface area contributed by atoms with Crippen LogP contribution in [-0.4, -0.2) is 24.7 Å². The van der Waals surface area contributed by atoms with Crippen molar-refractivity contribution in [2.75, 3.05) is 13.2 Å². The van der Waals surface area contributed by atoms with E-state index in [1.54, 1.807) is 6.92 Å². The molecular formula is C7H13NO2. The van der Waals surface area contributed by atoms with Crippen LogP contribution in [0.4, 0.5) is 0 Å². The van der Waals surface area contributed by atoms with E-state index in [2.05, 4.69) is 0 Å². The summed E-state index contributed by atoms with van der Waals surface area (Å²) in [6, 6.07) is 0. The Morgan fingerprint density at radius 2 is 2.20 bits per heavy atom. The van der Waals surface area contributed by atoms with Crippen molar-refractivity contribution in [3.05, 3.63) is 0 Å².